The second-order valence-corrected chi connectivity index (χ2v) is 10.1. The number of ether oxygens (including phenoxy) is 1. The maximum Gasteiger partial charge on any atom is 0.122 e. The van der Waals surface area contributed by atoms with Gasteiger partial charge < -0.3 is 4.74 Å². The molecule has 140 valence electrons. The van der Waals surface area contributed by atoms with Crippen molar-refractivity contribution in [2.75, 3.05) is 6.61 Å². The summed E-state index contributed by atoms with van der Waals surface area (Å²) in [5.41, 5.74) is 8.49. The number of thiophene rings is 2. The molecule has 0 spiro atoms. The average molecular weight is 411 g/mol. The first-order valence-corrected chi connectivity index (χ1v) is 11.9. The Labute approximate surface area is 177 Å². The molecular formula is C26H18OS2. The van der Waals surface area contributed by atoms with Crippen molar-refractivity contribution in [3.63, 3.8) is 0 Å². The van der Waals surface area contributed by atoms with E-state index in [0.717, 1.165) is 31.6 Å². The molecular weight excluding hydrogens is 392 g/mol. The lowest BCUT2D eigenvalue weighted by Crippen LogP contribution is -1.98. The molecule has 2 aromatic heterocycles. The zero-order valence-electron chi connectivity index (χ0n) is 15.8. The summed E-state index contributed by atoms with van der Waals surface area (Å²) in [4.78, 5) is 1.47. The molecule has 1 aliphatic heterocycles. The molecule has 3 heteroatoms. The molecule has 0 unspecified atom stereocenters. The molecule has 5 aromatic rings. The SMILES string of the molecule is c1cc2c3c(ccc2s1)-c1c-3ccc2sc(CCc3ccc4c(c3)OCC4)cc12. The maximum absolute atomic E-state index is 5.74. The van der Waals surface area contributed by atoms with E-state index in [4.69, 9.17) is 4.74 Å². The average Bonchev–Trinajstić information content (AvgIpc) is 3.46. The van der Waals surface area contributed by atoms with Crippen molar-refractivity contribution < 1.29 is 4.74 Å². The molecule has 7 rings (SSSR count). The monoisotopic (exact) mass is 410 g/mol. The van der Waals surface area contributed by atoms with Crippen LogP contribution < -0.4 is 4.74 Å². The zero-order valence-corrected chi connectivity index (χ0v) is 17.5. The molecule has 0 saturated heterocycles. The minimum absolute atomic E-state index is 0.833. The van der Waals surface area contributed by atoms with Crippen LogP contribution in [0, 0.1) is 0 Å². The lowest BCUT2D eigenvalue weighted by atomic mass is 9.77. The van der Waals surface area contributed by atoms with Gasteiger partial charge in [0.1, 0.15) is 5.75 Å². The summed E-state index contributed by atoms with van der Waals surface area (Å²) in [5, 5.41) is 5.05. The third-order valence-electron chi connectivity index (χ3n) is 6.35. The molecule has 29 heavy (non-hydrogen) atoms. The molecule has 0 amide bonds. The van der Waals surface area contributed by atoms with Crippen LogP contribution in [0.3, 0.4) is 0 Å². The Morgan fingerprint density at radius 2 is 1.66 bits per heavy atom. The Bertz CT molecular complexity index is 1440. The Kier molecular flexibility index (Phi) is 3.32. The molecule has 2 aliphatic rings. The summed E-state index contributed by atoms with van der Waals surface area (Å²) >= 11 is 3.78. The number of aryl methyl sites for hydroxylation is 2. The van der Waals surface area contributed by atoms with Gasteiger partial charge in [0.05, 0.1) is 6.61 Å². The van der Waals surface area contributed by atoms with Crippen molar-refractivity contribution >= 4 is 42.8 Å². The van der Waals surface area contributed by atoms with E-state index in [1.54, 1.807) is 0 Å². The van der Waals surface area contributed by atoms with Gasteiger partial charge in [-0.25, -0.2) is 0 Å². The van der Waals surface area contributed by atoms with Crippen LogP contribution in [0.5, 0.6) is 5.75 Å². The standard InChI is InChI=1S/C26H18OS2/c1-3-16-9-11-27-22(16)13-15(1)2-4-17-14-21-24(29-17)8-6-20-25-18-10-12-28-23(18)7-5-19(25)26(20)21/h1,3,5-8,10,12-14H,2,4,9,11H2. The van der Waals surface area contributed by atoms with Crippen LogP contribution in [0.4, 0.5) is 0 Å². The first-order chi connectivity index (χ1) is 14.3. The first kappa shape index (κ1) is 16.2. The maximum atomic E-state index is 5.74. The van der Waals surface area contributed by atoms with Crippen molar-refractivity contribution in [1.29, 1.82) is 0 Å². The Balaban J connectivity index is 1.23. The van der Waals surface area contributed by atoms with E-state index in [9.17, 15) is 0 Å². The predicted octanol–water partition coefficient (Wildman–Crippen LogP) is 7.48. The van der Waals surface area contributed by atoms with Gasteiger partial charge in [-0.3, -0.25) is 0 Å². The van der Waals surface area contributed by atoms with Crippen LogP contribution in [0.1, 0.15) is 16.0 Å². The number of hydrogen-bond donors (Lipinski definition) is 0. The van der Waals surface area contributed by atoms with E-state index >= 15 is 0 Å². The molecule has 1 nitrogen and oxygen atoms in total. The summed E-state index contributed by atoms with van der Waals surface area (Å²) in [5.74, 6) is 1.09. The molecule has 0 fully saturated rings. The van der Waals surface area contributed by atoms with E-state index in [0.29, 0.717) is 0 Å². The largest absolute Gasteiger partial charge is 0.493 e. The van der Waals surface area contributed by atoms with Crippen LogP contribution in [-0.2, 0) is 19.3 Å². The van der Waals surface area contributed by atoms with Gasteiger partial charge in [0, 0.05) is 31.5 Å². The topological polar surface area (TPSA) is 9.23 Å². The Morgan fingerprint density at radius 1 is 0.793 bits per heavy atom. The van der Waals surface area contributed by atoms with Gasteiger partial charge >= 0.3 is 0 Å². The van der Waals surface area contributed by atoms with Gasteiger partial charge in [-0.2, -0.15) is 0 Å². The van der Waals surface area contributed by atoms with Crippen molar-refractivity contribution in [3.8, 4) is 28.0 Å². The van der Waals surface area contributed by atoms with E-state index in [1.807, 2.05) is 22.7 Å². The van der Waals surface area contributed by atoms with E-state index in [1.165, 1.54) is 58.4 Å². The third kappa shape index (κ3) is 2.32. The van der Waals surface area contributed by atoms with Crippen molar-refractivity contribution in [1.82, 2.24) is 0 Å². The van der Waals surface area contributed by atoms with Gasteiger partial charge in [0.25, 0.3) is 0 Å². The van der Waals surface area contributed by atoms with Crippen LogP contribution >= 0.6 is 22.7 Å². The Morgan fingerprint density at radius 3 is 2.59 bits per heavy atom. The first-order valence-electron chi connectivity index (χ1n) is 10.2. The lowest BCUT2D eigenvalue weighted by Gasteiger charge is -2.25. The number of benzene rings is 3. The second-order valence-electron chi connectivity index (χ2n) is 7.97. The highest BCUT2D eigenvalue weighted by Crippen LogP contribution is 2.55. The minimum Gasteiger partial charge on any atom is -0.493 e. The molecule has 0 N–H and O–H groups in total. The summed E-state index contributed by atoms with van der Waals surface area (Å²) < 4.78 is 8.53. The van der Waals surface area contributed by atoms with Crippen molar-refractivity contribution in [3.05, 3.63) is 76.0 Å². The fourth-order valence-corrected chi connectivity index (χ4v) is 6.76. The second kappa shape index (κ2) is 5.94. The van der Waals surface area contributed by atoms with E-state index in [-0.39, 0.29) is 0 Å². The fraction of sp³-hybridized carbons (Fsp3) is 0.154. The quantitative estimate of drug-likeness (QED) is 0.294. The van der Waals surface area contributed by atoms with Gasteiger partial charge in [-0.15, -0.1) is 22.7 Å². The highest BCUT2D eigenvalue weighted by Gasteiger charge is 2.27. The van der Waals surface area contributed by atoms with Crippen LogP contribution in [0.25, 0.3) is 42.4 Å². The molecule has 0 saturated carbocycles. The van der Waals surface area contributed by atoms with Gasteiger partial charge in [-0.1, -0.05) is 24.3 Å². The highest BCUT2D eigenvalue weighted by atomic mass is 32.1. The Hall–Kier alpha value is -2.62. The summed E-state index contributed by atoms with van der Waals surface area (Å²) in [6, 6.07) is 20.7. The van der Waals surface area contributed by atoms with Crippen LogP contribution in [0.15, 0.2) is 60.0 Å². The highest BCUT2D eigenvalue weighted by molar-refractivity contribution is 7.19. The molecule has 3 heterocycles. The molecule has 0 radical (unpaired) electrons. The van der Waals surface area contributed by atoms with E-state index < -0.39 is 0 Å². The molecule has 3 aromatic carbocycles. The normalized spacial score (nSPS) is 13.8. The van der Waals surface area contributed by atoms with Crippen LogP contribution in [-0.4, -0.2) is 6.61 Å². The third-order valence-corrected chi connectivity index (χ3v) is 8.39. The smallest absolute Gasteiger partial charge is 0.122 e. The number of fused-ring (bicyclic) bond motifs is 9. The summed E-state index contributed by atoms with van der Waals surface area (Å²) in [6.45, 7) is 0.833. The lowest BCUT2D eigenvalue weighted by molar-refractivity contribution is 0.356. The van der Waals surface area contributed by atoms with Crippen molar-refractivity contribution in [2.24, 2.45) is 0 Å². The summed E-state index contributed by atoms with van der Waals surface area (Å²) in [6.07, 6.45) is 3.21. The number of hydrogen-bond acceptors (Lipinski definition) is 3. The predicted molar refractivity (Wildman–Crippen MR) is 125 cm³/mol. The number of rotatable bonds is 3. The fourth-order valence-electron chi connectivity index (χ4n) is 4.90. The van der Waals surface area contributed by atoms with Gasteiger partial charge in [-0.05, 0) is 81.9 Å². The molecule has 1 aliphatic carbocycles. The molecule has 0 bridgehead atoms. The van der Waals surface area contributed by atoms with Crippen LogP contribution in [0.2, 0.25) is 0 Å². The summed E-state index contributed by atoms with van der Waals surface area (Å²) in [7, 11) is 0. The minimum atomic E-state index is 0.833. The van der Waals surface area contributed by atoms with E-state index in [2.05, 4.69) is 60.0 Å². The van der Waals surface area contributed by atoms with Crippen molar-refractivity contribution in [2.45, 2.75) is 19.3 Å². The van der Waals surface area contributed by atoms with Gasteiger partial charge in [0.2, 0.25) is 0 Å². The zero-order chi connectivity index (χ0) is 18.9. The molecule has 0 atom stereocenters. The van der Waals surface area contributed by atoms with Gasteiger partial charge in [0.15, 0.2) is 0 Å².